The lowest BCUT2D eigenvalue weighted by molar-refractivity contribution is 0.911. The second-order valence-electron chi connectivity index (χ2n) is 4.97. The van der Waals surface area contributed by atoms with Crippen LogP contribution in [0.3, 0.4) is 0 Å². The summed E-state index contributed by atoms with van der Waals surface area (Å²) >= 11 is 12.0. The summed E-state index contributed by atoms with van der Waals surface area (Å²) in [6.45, 7) is 0.796. The van der Waals surface area contributed by atoms with Crippen molar-refractivity contribution in [2.45, 2.75) is 25.8 Å². The highest BCUT2D eigenvalue weighted by Crippen LogP contribution is 2.25. The summed E-state index contributed by atoms with van der Waals surface area (Å²) in [5, 5.41) is 4.68. The van der Waals surface area contributed by atoms with Crippen molar-refractivity contribution in [3.05, 3.63) is 63.1 Å². The van der Waals surface area contributed by atoms with Crippen LogP contribution in [0.1, 0.15) is 23.1 Å². The van der Waals surface area contributed by atoms with E-state index in [1.807, 2.05) is 12.1 Å². The second kappa shape index (κ2) is 5.44. The van der Waals surface area contributed by atoms with E-state index in [4.69, 9.17) is 23.2 Å². The molecular weight excluding hydrogens is 277 g/mol. The maximum atomic E-state index is 5.98. The lowest BCUT2D eigenvalue weighted by atomic mass is 10.1. The van der Waals surface area contributed by atoms with Gasteiger partial charge in [-0.1, -0.05) is 41.4 Å². The second-order valence-corrected chi connectivity index (χ2v) is 5.84. The Kier molecular flexibility index (Phi) is 3.67. The van der Waals surface area contributed by atoms with E-state index in [9.17, 15) is 0 Å². The predicted octanol–water partition coefficient (Wildman–Crippen LogP) is 5.09. The quantitative estimate of drug-likeness (QED) is 0.830. The van der Waals surface area contributed by atoms with Gasteiger partial charge in [0.25, 0.3) is 0 Å². The molecule has 3 heteroatoms. The summed E-state index contributed by atoms with van der Waals surface area (Å²) in [7, 11) is 0. The normalized spacial score (nSPS) is 13.4. The van der Waals surface area contributed by atoms with Gasteiger partial charge in [-0.2, -0.15) is 0 Å². The van der Waals surface area contributed by atoms with Crippen molar-refractivity contribution >= 4 is 28.9 Å². The third-order valence-corrected chi connectivity index (χ3v) is 3.96. The Morgan fingerprint density at radius 1 is 0.895 bits per heavy atom. The minimum Gasteiger partial charge on any atom is -0.381 e. The fraction of sp³-hybridized carbons (Fsp3) is 0.250. The molecule has 0 saturated carbocycles. The summed E-state index contributed by atoms with van der Waals surface area (Å²) in [6.07, 6.45) is 3.73. The standard InChI is InChI=1S/C16H15Cl2N/c17-14-7-15(18)9-16(8-14)19-10-11-4-5-12-2-1-3-13(12)6-11/h4-9,19H,1-3,10H2. The highest BCUT2D eigenvalue weighted by Gasteiger charge is 2.10. The molecule has 1 aliphatic carbocycles. The number of aryl methyl sites for hydroxylation is 2. The molecule has 2 aromatic rings. The summed E-state index contributed by atoms with van der Waals surface area (Å²) < 4.78 is 0. The van der Waals surface area contributed by atoms with Crippen LogP contribution in [0.4, 0.5) is 5.69 Å². The largest absolute Gasteiger partial charge is 0.381 e. The third-order valence-electron chi connectivity index (χ3n) is 3.52. The molecule has 0 fully saturated rings. The van der Waals surface area contributed by atoms with Crippen molar-refractivity contribution in [3.63, 3.8) is 0 Å². The van der Waals surface area contributed by atoms with Gasteiger partial charge in [0.15, 0.2) is 0 Å². The van der Waals surface area contributed by atoms with Crippen LogP contribution < -0.4 is 5.32 Å². The number of hydrogen-bond acceptors (Lipinski definition) is 1. The van der Waals surface area contributed by atoms with Gasteiger partial charge in [0.2, 0.25) is 0 Å². The van der Waals surface area contributed by atoms with Crippen LogP contribution >= 0.6 is 23.2 Å². The molecule has 0 atom stereocenters. The zero-order valence-electron chi connectivity index (χ0n) is 10.5. The van der Waals surface area contributed by atoms with Gasteiger partial charge in [-0.05, 0) is 54.2 Å². The molecular formula is C16H15Cl2N. The number of hydrogen-bond donors (Lipinski definition) is 1. The van der Waals surface area contributed by atoms with E-state index < -0.39 is 0 Å². The molecule has 0 spiro atoms. The van der Waals surface area contributed by atoms with Gasteiger partial charge in [-0.15, -0.1) is 0 Å². The molecule has 0 radical (unpaired) electrons. The maximum absolute atomic E-state index is 5.98. The van der Waals surface area contributed by atoms with Crippen LogP contribution in [0.25, 0.3) is 0 Å². The van der Waals surface area contributed by atoms with Crippen molar-refractivity contribution in [2.75, 3.05) is 5.32 Å². The summed E-state index contributed by atoms with van der Waals surface area (Å²) in [5.41, 5.74) is 5.27. The van der Waals surface area contributed by atoms with E-state index >= 15 is 0 Å². The SMILES string of the molecule is Clc1cc(Cl)cc(NCc2ccc3c(c2)CCC3)c1. The molecule has 0 aliphatic heterocycles. The van der Waals surface area contributed by atoms with Crippen LogP contribution in [-0.4, -0.2) is 0 Å². The van der Waals surface area contributed by atoms with Gasteiger partial charge < -0.3 is 5.32 Å². The molecule has 98 valence electrons. The third kappa shape index (κ3) is 3.05. The zero-order chi connectivity index (χ0) is 13.2. The highest BCUT2D eigenvalue weighted by molar-refractivity contribution is 6.35. The summed E-state index contributed by atoms with van der Waals surface area (Å²) in [5.74, 6) is 0. The number of anilines is 1. The average molecular weight is 292 g/mol. The average Bonchev–Trinajstić information content (AvgIpc) is 2.82. The van der Waals surface area contributed by atoms with E-state index in [1.54, 1.807) is 6.07 Å². The summed E-state index contributed by atoms with van der Waals surface area (Å²) in [4.78, 5) is 0. The number of rotatable bonds is 3. The van der Waals surface area contributed by atoms with E-state index in [0.717, 1.165) is 12.2 Å². The molecule has 19 heavy (non-hydrogen) atoms. The van der Waals surface area contributed by atoms with Gasteiger partial charge in [0.1, 0.15) is 0 Å². The molecule has 0 bridgehead atoms. The molecule has 1 aliphatic rings. The van der Waals surface area contributed by atoms with Crippen LogP contribution in [0.15, 0.2) is 36.4 Å². The first kappa shape index (κ1) is 12.8. The smallest absolute Gasteiger partial charge is 0.0441 e. The molecule has 0 heterocycles. The van der Waals surface area contributed by atoms with Crippen LogP contribution in [-0.2, 0) is 19.4 Å². The monoisotopic (exact) mass is 291 g/mol. The van der Waals surface area contributed by atoms with E-state index in [2.05, 4.69) is 23.5 Å². The number of halogens is 2. The van der Waals surface area contributed by atoms with Crippen molar-refractivity contribution in [2.24, 2.45) is 0 Å². The molecule has 1 nitrogen and oxygen atoms in total. The number of nitrogens with one attached hydrogen (secondary N) is 1. The Morgan fingerprint density at radius 3 is 2.42 bits per heavy atom. The van der Waals surface area contributed by atoms with Gasteiger partial charge in [-0.25, -0.2) is 0 Å². The minimum atomic E-state index is 0.656. The van der Waals surface area contributed by atoms with Crippen molar-refractivity contribution in [1.82, 2.24) is 0 Å². The van der Waals surface area contributed by atoms with Crippen molar-refractivity contribution < 1.29 is 0 Å². The maximum Gasteiger partial charge on any atom is 0.0441 e. The first-order valence-electron chi connectivity index (χ1n) is 6.51. The van der Waals surface area contributed by atoms with Crippen LogP contribution in [0.5, 0.6) is 0 Å². The van der Waals surface area contributed by atoms with Gasteiger partial charge >= 0.3 is 0 Å². The fourth-order valence-corrected chi connectivity index (χ4v) is 3.12. The predicted molar refractivity (Wildman–Crippen MR) is 82.3 cm³/mol. The Hall–Kier alpha value is -1.18. The van der Waals surface area contributed by atoms with Crippen LogP contribution in [0, 0.1) is 0 Å². The van der Waals surface area contributed by atoms with E-state index in [1.165, 1.54) is 36.0 Å². The topological polar surface area (TPSA) is 12.0 Å². The molecule has 2 aromatic carbocycles. The lowest BCUT2D eigenvalue weighted by Gasteiger charge is -2.09. The fourth-order valence-electron chi connectivity index (χ4n) is 2.60. The molecule has 0 aromatic heterocycles. The molecule has 1 N–H and O–H groups in total. The molecule has 3 rings (SSSR count). The van der Waals surface area contributed by atoms with Gasteiger partial charge in [-0.3, -0.25) is 0 Å². The molecule has 0 unspecified atom stereocenters. The number of fused-ring (bicyclic) bond motifs is 1. The van der Waals surface area contributed by atoms with Crippen LogP contribution in [0.2, 0.25) is 10.0 Å². The van der Waals surface area contributed by atoms with E-state index in [-0.39, 0.29) is 0 Å². The first-order valence-corrected chi connectivity index (χ1v) is 7.27. The Labute approximate surface area is 123 Å². The molecule has 0 amide bonds. The first-order chi connectivity index (χ1) is 9.20. The highest BCUT2D eigenvalue weighted by atomic mass is 35.5. The summed E-state index contributed by atoms with van der Waals surface area (Å²) in [6, 6.07) is 12.3. The Bertz CT molecular complexity index is 587. The number of benzene rings is 2. The minimum absolute atomic E-state index is 0.656. The van der Waals surface area contributed by atoms with Gasteiger partial charge in [0, 0.05) is 22.3 Å². The van der Waals surface area contributed by atoms with Crippen molar-refractivity contribution in [1.29, 1.82) is 0 Å². The Morgan fingerprint density at radius 2 is 1.63 bits per heavy atom. The molecule has 0 saturated heterocycles. The van der Waals surface area contributed by atoms with Crippen molar-refractivity contribution in [3.8, 4) is 0 Å². The lowest BCUT2D eigenvalue weighted by Crippen LogP contribution is -2.00. The zero-order valence-corrected chi connectivity index (χ0v) is 12.1. The Balaban J connectivity index is 1.72. The van der Waals surface area contributed by atoms with Gasteiger partial charge in [0.05, 0.1) is 0 Å². The van der Waals surface area contributed by atoms with E-state index in [0.29, 0.717) is 10.0 Å².